The molecular weight excluding hydrogens is 411 g/mol. The van der Waals surface area contributed by atoms with Crippen LogP contribution in [0, 0.1) is 6.92 Å². The van der Waals surface area contributed by atoms with E-state index in [4.69, 9.17) is 0 Å². The van der Waals surface area contributed by atoms with E-state index >= 15 is 0 Å². The average molecular weight is 440 g/mol. The van der Waals surface area contributed by atoms with Gasteiger partial charge in [0, 0.05) is 0 Å². The first kappa shape index (κ1) is 24.3. The maximum absolute atomic E-state index is 14.4. The van der Waals surface area contributed by atoms with Gasteiger partial charge in [-0.3, -0.25) is 0 Å². The number of rotatable bonds is 6. The van der Waals surface area contributed by atoms with E-state index in [0.717, 1.165) is 5.56 Å². The number of hydrogen-bond donors (Lipinski definition) is 2. The van der Waals surface area contributed by atoms with Gasteiger partial charge in [-0.25, -0.2) is 8.93 Å². The highest BCUT2D eigenvalue weighted by Crippen LogP contribution is 2.46. The van der Waals surface area contributed by atoms with Crippen LogP contribution in [0.25, 0.3) is 6.08 Å². The summed E-state index contributed by atoms with van der Waals surface area (Å²) in [5.74, 6) is 0. The third kappa shape index (κ3) is 5.39. The van der Waals surface area contributed by atoms with Gasteiger partial charge in [-0.05, 0) is 51.3 Å². The summed E-state index contributed by atoms with van der Waals surface area (Å²) in [6.45, 7) is 8.02. The minimum Gasteiger partial charge on any atom is -0.375 e. The summed E-state index contributed by atoms with van der Waals surface area (Å²) in [5.41, 5.74) is -2.00. The Bertz CT molecular complexity index is 903. The van der Waals surface area contributed by atoms with E-state index in [1.54, 1.807) is 63.2 Å². The zero-order chi connectivity index (χ0) is 22.7. The van der Waals surface area contributed by atoms with Crippen LogP contribution in [0.3, 0.4) is 0 Å². The Balaban J connectivity index is 2.68. The first-order valence-corrected chi connectivity index (χ1v) is 10.7. The molecule has 0 aromatic heterocycles. The molecule has 0 spiro atoms. The van der Waals surface area contributed by atoms with Crippen LogP contribution < -0.4 is 4.72 Å². The molecule has 2 rings (SSSR count). The number of aryl methyl sites for hydroxylation is 1. The summed E-state index contributed by atoms with van der Waals surface area (Å²) in [5, 5.41) is 11.2. The molecule has 0 aliphatic heterocycles. The van der Waals surface area contributed by atoms with Crippen LogP contribution in [0.15, 0.2) is 60.2 Å². The normalized spacial score (nSPS) is 17.3. The van der Waals surface area contributed by atoms with E-state index in [-0.39, 0.29) is 11.1 Å². The van der Waals surface area contributed by atoms with Crippen molar-refractivity contribution in [2.45, 2.75) is 57.2 Å². The predicted molar refractivity (Wildman–Crippen MR) is 116 cm³/mol. The predicted octanol–water partition coefficient (Wildman–Crippen LogP) is 5.48. The van der Waals surface area contributed by atoms with Crippen LogP contribution in [0.2, 0.25) is 0 Å². The van der Waals surface area contributed by atoms with Crippen LogP contribution in [-0.4, -0.2) is 25.8 Å². The molecule has 7 heteroatoms. The van der Waals surface area contributed by atoms with Crippen molar-refractivity contribution in [3.05, 3.63) is 76.9 Å². The molecule has 30 heavy (non-hydrogen) atoms. The Labute approximate surface area is 178 Å². The molecule has 0 radical (unpaired) electrons. The largest absolute Gasteiger partial charge is 0.423 e. The maximum atomic E-state index is 14.4. The molecule has 0 saturated heterocycles. The fraction of sp³-hybridized carbons (Fsp3) is 0.391. The molecule has 0 saturated carbocycles. The van der Waals surface area contributed by atoms with Gasteiger partial charge in [-0.1, -0.05) is 66.2 Å². The smallest absolute Gasteiger partial charge is 0.375 e. The molecular formula is C23H28F3NO2S. The second-order valence-electron chi connectivity index (χ2n) is 8.34. The molecule has 1 unspecified atom stereocenters. The number of alkyl halides is 3. The summed E-state index contributed by atoms with van der Waals surface area (Å²) in [4.78, 5) is 0. The van der Waals surface area contributed by atoms with Gasteiger partial charge < -0.3 is 5.11 Å². The number of hydrogen-bond acceptors (Lipinski definition) is 2. The van der Waals surface area contributed by atoms with E-state index < -0.39 is 33.6 Å². The highest BCUT2D eigenvalue weighted by atomic mass is 32.2. The fourth-order valence-electron chi connectivity index (χ4n) is 2.96. The van der Waals surface area contributed by atoms with Crippen LogP contribution in [0.1, 0.15) is 50.4 Å². The number of halogens is 3. The van der Waals surface area contributed by atoms with Crippen LogP contribution >= 0.6 is 0 Å². The Morgan fingerprint density at radius 3 is 2.03 bits per heavy atom. The lowest BCUT2D eigenvalue weighted by atomic mass is 9.81. The quantitative estimate of drug-likeness (QED) is 0.626. The molecule has 2 aromatic rings. The topological polar surface area (TPSA) is 49.3 Å². The molecule has 0 fully saturated rings. The van der Waals surface area contributed by atoms with E-state index in [1.807, 2.05) is 6.92 Å². The SMILES string of the molecule is C/C(=C/c1ccccc1)[C@@](O)([C@@H](NS(=O)C(C)(C)C)c1ccc(C)cc1)C(F)(F)F. The number of aliphatic hydroxyl groups is 1. The van der Waals surface area contributed by atoms with E-state index in [9.17, 15) is 22.5 Å². The Morgan fingerprint density at radius 1 is 1.03 bits per heavy atom. The van der Waals surface area contributed by atoms with Crippen molar-refractivity contribution in [2.75, 3.05) is 0 Å². The van der Waals surface area contributed by atoms with Gasteiger partial charge in [0.25, 0.3) is 0 Å². The molecule has 0 aliphatic rings. The molecule has 3 nitrogen and oxygen atoms in total. The van der Waals surface area contributed by atoms with Gasteiger partial charge in [-0.15, -0.1) is 0 Å². The van der Waals surface area contributed by atoms with Gasteiger partial charge in [0.2, 0.25) is 5.60 Å². The summed E-state index contributed by atoms with van der Waals surface area (Å²) in [7, 11) is -1.85. The fourth-order valence-corrected chi connectivity index (χ4v) is 3.84. The average Bonchev–Trinajstić information content (AvgIpc) is 2.65. The van der Waals surface area contributed by atoms with Crippen LogP contribution in [-0.2, 0) is 11.0 Å². The maximum Gasteiger partial charge on any atom is 0.423 e. The summed E-state index contributed by atoms with van der Waals surface area (Å²) in [6.07, 6.45) is -3.72. The molecule has 3 atom stereocenters. The van der Waals surface area contributed by atoms with Crippen molar-refractivity contribution in [3.8, 4) is 0 Å². The van der Waals surface area contributed by atoms with Gasteiger partial charge in [0.1, 0.15) is 0 Å². The third-order valence-corrected chi connectivity index (χ3v) is 6.39. The monoisotopic (exact) mass is 439 g/mol. The highest BCUT2D eigenvalue weighted by molar-refractivity contribution is 7.84. The second-order valence-corrected chi connectivity index (χ2v) is 10.3. The van der Waals surface area contributed by atoms with Crippen molar-refractivity contribution in [2.24, 2.45) is 0 Å². The van der Waals surface area contributed by atoms with Crippen molar-refractivity contribution in [3.63, 3.8) is 0 Å². The van der Waals surface area contributed by atoms with Gasteiger partial charge in [0.05, 0.1) is 21.8 Å². The van der Waals surface area contributed by atoms with Gasteiger partial charge in [-0.2, -0.15) is 13.2 Å². The van der Waals surface area contributed by atoms with Gasteiger partial charge >= 0.3 is 6.18 Å². The van der Waals surface area contributed by atoms with Crippen LogP contribution in [0.5, 0.6) is 0 Å². The molecule has 0 heterocycles. The summed E-state index contributed by atoms with van der Waals surface area (Å²) < 4.78 is 57.7. The zero-order valence-corrected chi connectivity index (χ0v) is 18.6. The molecule has 164 valence electrons. The summed E-state index contributed by atoms with van der Waals surface area (Å²) >= 11 is 0. The van der Waals surface area contributed by atoms with Crippen molar-refractivity contribution in [1.29, 1.82) is 0 Å². The minimum absolute atomic E-state index is 0.193. The Morgan fingerprint density at radius 2 is 1.57 bits per heavy atom. The lowest BCUT2D eigenvalue weighted by molar-refractivity contribution is -0.253. The lowest BCUT2D eigenvalue weighted by Crippen LogP contribution is -2.56. The minimum atomic E-state index is -5.02. The van der Waals surface area contributed by atoms with E-state index in [1.165, 1.54) is 25.1 Å². The van der Waals surface area contributed by atoms with Crippen molar-refractivity contribution in [1.82, 2.24) is 4.72 Å². The highest BCUT2D eigenvalue weighted by Gasteiger charge is 2.60. The molecule has 0 aliphatic carbocycles. The Hall–Kier alpha value is -1.96. The summed E-state index contributed by atoms with van der Waals surface area (Å²) in [6, 6.07) is 13.2. The third-order valence-electron chi connectivity index (χ3n) is 4.83. The zero-order valence-electron chi connectivity index (χ0n) is 17.7. The van der Waals surface area contributed by atoms with Crippen molar-refractivity contribution < 1.29 is 22.5 Å². The molecule has 0 amide bonds. The lowest BCUT2D eigenvalue weighted by Gasteiger charge is -2.40. The molecule has 2 N–H and O–H groups in total. The van der Waals surface area contributed by atoms with Crippen LogP contribution in [0.4, 0.5) is 13.2 Å². The first-order chi connectivity index (χ1) is 13.8. The Kier molecular flexibility index (Phi) is 7.32. The van der Waals surface area contributed by atoms with E-state index in [0.29, 0.717) is 5.56 Å². The molecule has 2 aromatic carbocycles. The molecule has 0 bridgehead atoms. The standard InChI is InChI=1S/C23H28F3NO2S/c1-16-11-13-19(14-12-16)20(27-30(29)21(3,4)5)22(28,23(24,25)26)17(2)15-18-9-7-6-8-10-18/h6-15,20,27-28H,1-5H3/b17-15-/t20-,22+,30?/m0/s1. The number of benzene rings is 2. The second kappa shape index (κ2) is 9.04. The van der Waals surface area contributed by atoms with Gasteiger partial charge in [0.15, 0.2) is 0 Å². The van der Waals surface area contributed by atoms with E-state index in [2.05, 4.69) is 4.72 Å². The first-order valence-electron chi connectivity index (χ1n) is 9.54. The van der Waals surface area contributed by atoms with Crippen molar-refractivity contribution >= 4 is 17.1 Å². The number of nitrogens with one attached hydrogen (secondary N) is 1.